The van der Waals surface area contributed by atoms with Crippen molar-refractivity contribution >= 4 is 50.3 Å². The van der Waals surface area contributed by atoms with Gasteiger partial charge < -0.3 is 4.74 Å². The van der Waals surface area contributed by atoms with Crippen molar-refractivity contribution in [1.29, 1.82) is 0 Å². The molecule has 5 rings (SSSR count). The number of halogens is 5. The number of aromatic nitrogens is 3. The number of hydrogen-bond donors (Lipinski definition) is 0. The van der Waals surface area contributed by atoms with Gasteiger partial charge in [-0.1, -0.05) is 35.9 Å². The molecule has 0 fully saturated rings. The SMILES string of the molecule is O=c1c2ccccc2nc(-c2cccc(C(F)(F)F)c2)n1N=Cc1cc(Cl)c(Oc2ccc([N+](=O)[O-])cn2)c(Br)c1. The van der Waals surface area contributed by atoms with Gasteiger partial charge in [0.1, 0.15) is 6.20 Å². The molecule has 0 aliphatic heterocycles. The van der Waals surface area contributed by atoms with E-state index < -0.39 is 22.2 Å². The van der Waals surface area contributed by atoms with E-state index in [2.05, 4.69) is 31.0 Å². The maximum atomic E-state index is 13.4. The number of pyridine rings is 1. The lowest BCUT2D eigenvalue weighted by Crippen LogP contribution is -2.20. The third-order valence-electron chi connectivity index (χ3n) is 5.68. The van der Waals surface area contributed by atoms with Crippen LogP contribution in [0.25, 0.3) is 22.3 Å². The van der Waals surface area contributed by atoms with Crippen LogP contribution < -0.4 is 10.3 Å². The van der Waals surface area contributed by atoms with Crippen LogP contribution in [0.2, 0.25) is 5.02 Å². The lowest BCUT2D eigenvalue weighted by molar-refractivity contribution is -0.385. The molecular formula is C27H14BrClF3N5O4. The molecule has 0 spiro atoms. The lowest BCUT2D eigenvalue weighted by atomic mass is 10.1. The lowest BCUT2D eigenvalue weighted by Gasteiger charge is -2.12. The van der Waals surface area contributed by atoms with E-state index in [0.717, 1.165) is 23.0 Å². The average molecular weight is 645 g/mol. The Hall–Kier alpha value is -4.62. The molecule has 3 aromatic carbocycles. The van der Waals surface area contributed by atoms with Crippen molar-refractivity contribution in [1.82, 2.24) is 14.6 Å². The second-order valence-electron chi connectivity index (χ2n) is 8.42. The van der Waals surface area contributed by atoms with Gasteiger partial charge in [-0.05, 0) is 57.9 Å². The van der Waals surface area contributed by atoms with Crippen LogP contribution in [0.1, 0.15) is 11.1 Å². The summed E-state index contributed by atoms with van der Waals surface area (Å²) in [5.41, 5.74) is -0.963. The third-order valence-corrected chi connectivity index (χ3v) is 6.55. The smallest absolute Gasteiger partial charge is 0.416 e. The van der Waals surface area contributed by atoms with Crippen molar-refractivity contribution in [3.8, 4) is 23.0 Å². The van der Waals surface area contributed by atoms with Crippen LogP contribution in [-0.2, 0) is 6.18 Å². The van der Waals surface area contributed by atoms with E-state index in [1.54, 1.807) is 30.3 Å². The summed E-state index contributed by atoms with van der Waals surface area (Å²) in [4.78, 5) is 31.9. The molecule has 2 aromatic heterocycles. The minimum atomic E-state index is -4.60. The Labute approximate surface area is 241 Å². The molecule has 2 heterocycles. The predicted octanol–water partition coefficient (Wildman–Crippen LogP) is 7.48. The Kier molecular flexibility index (Phi) is 7.56. The predicted molar refractivity (Wildman–Crippen MR) is 150 cm³/mol. The molecule has 41 heavy (non-hydrogen) atoms. The van der Waals surface area contributed by atoms with Gasteiger partial charge in [0.25, 0.3) is 11.2 Å². The van der Waals surface area contributed by atoms with Crippen LogP contribution in [-0.4, -0.2) is 25.8 Å². The second-order valence-corrected chi connectivity index (χ2v) is 9.68. The standard InChI is InChI=1S/C27H14BrClF3N5O4/c28-20-10-15(11-21(29)24(20)41-23-9-8-18(14-33-23)37(39)40)13-34-36-25(16-4-3-5-17(12-16)27(30,31)32)35-22-7-2-1-6-19(22)26(36)38/h1-14H. The molecule has 0 amide bonds. The fourth-order valence-corrected chi connectivity index (χ4v) is 4.71. The number of hydrogen-bond acceptors (Lipinski definition) is 7. The number of nitro groups is 1. The van der Waals surface area contributed by atoms with Gasteiger partial charge in [0.2, 0.25) is 5.88 Å². The first-order chi connectivity index (χ1) is 19.5. The number of ether oxygens (including phenoxy) is 1. The van der Waals surface area contributed by atoms with Crippen molar-refractivity contribution in [3.05, 3.63) is 120 Å². The summed E-state index contributed by atoms with van der Waals surface area (Å²) in [5, 5.41) is 15.4. The molecule has 206 valence electrons. The van der Waals surface area contributed by atoms with Crippen LogP contribution in [0, 0.1) is 10.1 Å². The topological polar surface area (TPSA) is 113 Å². The minimum Gasteiger partial charge on any atom is -0.436 e. The third kappa shape index (κ3) is 5.95. The molecule has 9 nitrogen and oxygen atoms in total. The molecule has 0 aliphatic carbocycles. The number of benzene rings is 3. The van der Waals surface area contributed by atoms with Crippen molar-refractivity contribution in [3.63, 3.8) is 0 Å². The van der Waals surface area contributed by atoms with Crippen molar-refractivity contribution in [2.45, 2.75) is 6.18 Å². The second kappa shape index (κ2) is 11.1. The Balaban J connectivity index is 1.54. The molecule has 0 radical (unpaired) electrons. The van der Waals surface area contributed by atoms with E-state index in [1.807, 2.05) is 0 Å². The van der Waals surface area contributed by atoms with Gasteiger partial charge in [0.15, 0.2) is 11.6 Å². The minimum absolute atomic E-state index is 0.0402. The quantitative estimate of drug-likeness (QED) is 0.108. The maximum Gasteiger partial charge on any atom is 0.416 e. The fourth-order valence-electron chi connectivity index (χ4n) is 3.77. The first kappa shape index (κ1) is 27.9. The molecule has 0 saturated carbocycles. The first-order valence-corrected chi connectivity index (χ1v) is 12.7. The zero-order valence-electron chi connectivity index (χ0n) is 20.3. The summed E-state index contributed by atoms with van der Waals surface area (Å²) in [7, 11) is 0. The molecule has 14 heteroatoms. The molecule has 0 aliphatic rings. The number of alkyl halides is 3. The highest BCUT2D eigenvalue weighted by Crippen LogP contribution is 2.37. The van der Waals surface area contributed by atoms with Gasteiger partial charge >= 0.3 is 6.18 Å². The van der Waals surface area contributed by atoms with Crippen LogP contribution in [0.3, 0.4) is 0 Å². The van der Waals surface area contributed by atoms with Crippen LogP contribution in [0.4, 0.5) is 18.9 Å². The summed E-state index contributed by atoms with van der Waals surface area (Å²) < 4.78 is 47.2. The van der Waals surface area contributed by atoms with E-state index in [4.69, 9.17) is 16.3 Å². The van der Waals surface area contributed by atoms with Crippen molar-refractivity contribution in [2.75, 3.05) is 0 Å². The highest BCUT2D eigenvalue weighted by Gasteiger charge is 2.31. The molecule has 0 N–H and O–H groups in total. The zero-order valence-corrected chi connectivity index (χ0v) is 22.7. The highest BCUT2D eigenvalue weighted by atomic mass is 79.9. The van der Waals surface area contributed by atoms with E-state index >= 15 is 0 Å². The van der Waals surface area contributed by atoms with E-state index in [1.165, 1.54) is 36.5 Å². The monoisotopic (exact) mass is 643 g/mol. The maximum absolute atomic E-state index is 13.4. The normalized spacial score (nSPS) is 11.7. The Morgan fingerprint density at radius 1 is 1.07 bits per heavy atom. The fraction of sp³-hybridized carbons (Fsp3) is 0.0370. The Morgan fingerprint density at radius 2 is 1.85 bits per heavy atom. The summed E-state index contributed by atoms with van der Waals surface area (Å²) in [6.07, 6.45) is -2.27. The molecular weight excluding hydrogens is 631 g/mol. The van der Waals surface area contributed by atoms with Crippen LogP contribution >= 0.6 is 27.5 Å². The van der Waals surface area contributed by atoms with E-state index in [9.17, 15) is 28.1 Å². The molecule has 0 saturated heterocycles. The van der Waals surface area contributed by atoms with E-state index in [-0.39, 0.29) is 39.1 Å². The number of nitrogens with zero attached hydrogens (tertiary/aromatic N) is 5. The Bertz CT molecular complexity index is 1870. The van der Waals surface area contributed by atoms with Crippen molar-refractivity contribution < 1.29 is 22.8 Å². The number of fused-ring (bicyclic) bond motifs is 1. The number of para-hydroxylation sites is 1. The zero-order chi connectivity index (χ0) is 29.3. The summed E-state index contributed by atoms with van der Waals surface area (Å²) in [6.45, 7) is 0. The average Bonchev–Trinajstić information content (AvgIpc) is 2.94. The van der Waals surface area contributed by atoms with Gasteiger partial charge in [-0.3, -0.25) is 14.9 Å². The molecule has 0 bridgehead atoms. The summed E-state index contributed by atoms with van der Waals surface area (Å²) in [5.74, 6) is 0.129. The van der Waals surface area contributed by atoms with Gasteiger partial charge in [-0.25, -0.2) is 9.97 Å². The summed E-state index contributed by atoms with van der Waals surface area (Å²) in [6, 6.07) is 16.4. The summed E-state index contributed by atoms with van der Waals surface area (Å²) >= 11 is 9.75. The molecule has 0 atom stereocenters. The van der Waals surface area contributed by atoms with Gasteiger partial charge in [-0.2, -0.15) is 22.9 Å². The molecule has 5 aromatic rings. The van der Waals surface area contributed by atoms with Gasteiger partial charge in [0.05, 0.1) is 37.1 Å². The molecule has 0 unspecified atom stereocenters. The van der Waals surface area contributed by atoms with E-state index in [0.29, 0.717) is 15.6 Å². The van der Waals surface area contributed by atoms with Gasteiger partial charge in [0, 0.05) is 17.7 Å². The van der Waals surface area contributed by atoms with Crippen molar-refractivity contribution in [2.24, 2.45) is 5.10 Å². The number of rotatable bonds is 6. The first-order valence-electron chi connectivity index (χ1n) is 11.5. The van der Waals surface area contributed by atoms with Gasteiger partial charge in [-0.15, -0.1) is 0 Å². The van der Waals surface area contributed by atoms with Crippen LogP contribution in [0.5, 0.6) is 11.6 Å². The van der Waals surface area contributed by atoms with Crippen LogP contribution in [0.15, 0.2) is 93.4 Å². The largest absolute Gasteiger partial charge is 0.436 e. The Morgan fingerprint density at radius 3 is 2.54 bits per heavy atom. The highest BCUT2D eigenvalue weighted by molar-refractivity contribution is 9.10.